The summed E-state index contributed by atoms with van der Waals surface area (Å²) in [5.41, 5.74) is 2.93. The molecule has 0 spiro atoms. The lowest BCUT2D eigenvalue weighted by Gasteiger charge is -2.13. The molecule has 144 valence electrons. The quantitative estimate of drug-likeness (QED) is 0.548. The lowest BCUT2D eigenvalue weighted by molar-refractivity contribution is -0.136. The molecule has 5 nitrogen and oxygen atoms in total. The zero-order valence-electron chi connectivity index (χ0n) is 14.5. The molecule has 0 saturated heterocycles. The number of anilines is 1. The highest BCUT2D eigenvalue weighted by Crippen LogP contribution is 2.24. The minimum Gasteiger partial charge on any atom is -0.387 e. The third-order valence-electron chi connectivity index (χ3n) is 3.99. The minimum atomic E-state index is -0.964. The van der Waals surface area contributed by atoms with E-state index in [1.165, 1.54) is 12.1 Å². The van der Waals surface area contributed by atoms with Crippen LogP contribution in [0.3, 0.4) is 0 Å². The van der Waals surface area contributed by atoms with Gasteiger partial charge in [-0.15, -0.1) is 0 Å². The fraction of sp³-hybridized carbons (Fsp3) is 0.100. The van der Waals surface area contributed by atoms with Gasteiger partial charge in [-0.25, -0.2) is 4.39 Å². The van der Waals surface area contributed by atoms with Crippen molar-refractivity contribution in [1.82, 2.24) is 5.32 Å². The molecule has 3 N–H and O–H groups in total. The van der Waals surface area contributed by atoms with Crippen molar-refractivity contribution in [1.29, 1.82) is 0 Å². The second-order valence-corrected chi connectivity index (χ2v) is 7.13. The number of aliphatic hydroxyl groups excluding tert-OH is 1. The van der Waals surface area contributed by atoms with Gasteiger partial charge in [0.25, 0.3) is 0 Å². The number of halogens is 2. The number of hydrogen-bond donors (Lipinski definition) is 3. The van der Waals surface area contributed by atoms with E-state index < -0.39 is 23.7 Å². The SMILES string of the molecule is O=C(NC[C@H](O)c1ccc(-c2ccsc2)cc1)C(=O)Nc1ccc(F)c(Cl)c1. The average molecular weight is 419 g/mol. The van der Waals surface area contributed by atoms with E-state index >= 15 is 0 Å². The summed E-state index contributed by atoms with van der Waals surface area (Å²) in [4.78, 5) is 23.8. The van der Waals surface area contributed by atoms with Crippen molar-refractivity contribution in [2.24, 2.45) is 0 Å². The molecule has 8 heteroatoms. The Kier molecular flexibility index (Phi) is 6.41. The summed E-state index contributed by atoms with van der Waals surface area (Å²) in [6.07, 6.45) is -0.964. The topological polar surface area (TPSA) is 78.4 Å². The Bertz CT molecular complexity index is 978. The van der Waals surface area contributed by atoms with E-state index in [-0.39, 0.29) is 17.3 Å². The van der Waals surface area contributed by atoms with Gasteiger partial charge < -0.3 is 15.7 Å². The first-order valence-corrected chi connectivity index (χ1v) is 9.61. The molecule has 0 aliphatic rings. The number of carbonyl (C=O) groups is 2. The Morgan fingerprint density at radius 3 is 2.46 bits per heavy atom. The van der Waals surface area contributed by atoms with E-state index in [4.69, 9.17) is 11.6 Å². The molecular formula is C20H16ClFN2O3S. The summed E-state index contributed by atoms with van der Waals surface area (Å²) in [5, 5.41) is 18.7. The molecule has 0 radical (unpaired) electrons. The van der Waals surface area contributed by atoms with Crippen LogP contribution in [-0.4, -0.2) is 23.5 Å². The molecule has 0 aliphatic heterocycles. The molecule has 3 aromatic rings. The molecule has 0 aliphatic carbocycles. The molecule has 1 heterocycles. The molecule has 0 unspecified atom stereocenters. The van der Waals surface area contributed by atoms with Crippen molar-refractivity contribution in [3.8, 4) is 11.1 Å². The molecular weight excluding hydrogens is 403 g/mol. The Labute approximate surface area is 169 Å². The Morgan fingerprint density at radius 2 is 1.82 bits per heavy atom. The molecule has 0 fully saturated rings. The Morgan fingerprint density at radius 1 is 1.07 bits per heavy atom. The van der Waals surface area contributed by atoms with Crippen LogP contribution >= 0.6 is 22.9 Å². The molecule has 2 aromatic carbocycles. The highest BCUT2D eigenvalue weighted by Gasteiger charge is 2.16. The number of aliphatic hydroxyl groups is 1. The predicted molar refractivity (Wildman–Crippen MR) is 108 cm³/mol. The van der Waals surface area contributed by atoms with E-state index in [1.807, 2.05) is 29.0 Å². The highest BCUT2D eigenvalue weighted by atomic mass is 35.5. The maximum atomic E-state index is 13.1. The second kappa shape index (κ2) is 8.97. The van der Waals surface area contributed by atoms with Gasteiger partial charge in [-0.2, -0.15) is 11.3 Å². The van der Waals surface area contributed by atoms with Gasteiger partial charge in [0.2, 0.25) is 0 Å². The van der Waals surface area contributed by atoms with Crippen molar-refractivity contribution in [3.63, 3.8) is 0 Å². The first kappa shape index (κ1) is 20.0. The van der Waals surface area contributed by atoms with Gasteiger partial charge in [-0.1, -0.05) is 35.9 Å². The summed E-state index contributed by atoms with van der Waals surface area (Å²) in [5.74, 6) is -2.49. The van der Waals surface area contributed by atoms with Crippen LogP contribution in [0.5, 0.6) is 0 Å². The zero-order chi connectivity index (χ0) is 20.1. The number of nitrogens with one attached hydrogen (secondary N) is 2. The van der Waals surface area contributed by atoms with Crippen LogP contribution in [0, 0.1) is 5.82 Å². The third-order valence-corrected chi connectivity index (χ3v) is 4.96. The van der Waals surface area contributed by atoms with Gasteiger partial charge in [-0.3, -0.25) is 9.59 Å². The van der Waals surface area contributed by atoms with Gasteiger partial charge in [0.1, 0.15) is 5.82 Å². The summed E-state index contributed by atoms with van der Waals surface area (Å²) in [7, 11) is 0. The first-order valence-electron chi connectivity index (χ1n) is 8.29. The van der Waals surface area contributed by atoms with Crippen LogP contribution in [0.2, 0.25) is 5.02 Å². The summed E-state index contributed by atoms with van der Waals surface area (Å²) >= 11 is 7.23. The fourth-order valence-electron chi connectivity index (χ4n) is 2.48. The smallest absolute Gasteiger partial charge is 0.313 e. The number of benzene rings is 2. The van der Waals surface area contributed by atoms with Crippen LogP contribution in [0.1, 0.15) is 11.7 Å². The van der Waals surface area contributed by atoms with E-state index in [9.17, 15) is 19.1 Å². The molecule has 1 aromatic heterocycles. The highest BCUT2D eigenvalue weighted by molar-refractivity contribution is 7.08. The maximum Gasteiger partial charge on any atom is 0.313 e. The number of hydrogen-bond acceptors (Lipinski definition) is 4. The normalized spacial score (nSPS) is 11.7. The van der Waals surface area contributed by atoms with Crippen LogP contribution in [0.15, 0.2) is 59.3 Å². The number of rotatable bonds is 5. The van der Waals surface area contributed by atoms with E-state index in [0.717, 1.165) is 17.2 Å². The van der Waals surface area contributed by atoms with Gasteiger partial charge in [0.15, 0.2) is 0 Å². The van der Waals surface area contributed by atoms with Crippen LogP contribution in [0.4, 0.5) is 10.1 Å². The van der Waals surface area contributed by atoms with Gasteiger partial charge in [0, 0.05) is 12.2 Å². The van der Waals surface area contributed by atoms with Crippen molar-refractivity contribution in [2.45, 2.75) is 6.10 Å². The van der Waals surface area contributed by atoms with Crippen LogP contribution < -0.4 is 10.6 Å². The first-order chi connectivity index (χ1) is 13.4. The Balaban J connectivity index is 1.53. The number of amides is 2. The molecule has 28 heavy (non-hydrogen) atoms. The monoisotopic (exact) mass is 418 g/mol. The van der Waals surface area contributed by atoms with E-state index in [0.29, 0.717) is 5.56 Å². The minimum absolute atomic E-state index is 0.131. The molecule has 0 saturated carbocycles. The predicted octanol–water partition coefficient (Wildman–Crippen LogP) is 4.00. The summed E-state index contributed by atoms with van der Waals surface area (Å²) in [6, 6.07) is 12.9. The lowest BCUT2D eigenvalue weighted by atomic mass is 10.0. The summed E-state index contributed by atoms with van der Waals surface area (Å²) < 4.78 is 13.1. The maximum absolute atomic E-state index is 13.1. The molecule has 0 bridgehead atoms. The largest absolute Gasteiger partial charge is 0.387 e. The standard InChI is InChI=1S/C20H16ClFN2O3S/c21-16-9-15(5-6-17(16)22)24-20(27)19(26)23-10-18(25)13-3-1-12(2-4-13)14-7-8-28-11-14/h1-9,11,18,25H,10H2,(H,23,26)(H,24,27)/t18-/m0/s1. The molecule has 1 atom stereocenters. The van der Waals surface area contributed by atoms with Crippen molar-refractivity contribution >= 4 is 40.4 Å². The molecule has 3 rings (SSSR count). The fourth-order valence-corrected chi connectivity index (χ4v) is 3.32. The number of carbonyl (C=O) groups excluding carboxylic acids is 2. The molecule has 2 amide bonds. The van der Waals surface area contributed by atoms with Crippen LogP contribution in [-0.2, 0) is 9.59 Å². The lowest BCUT2D eigenvalue weighted by Crippen LogP contribution is -2.37. The van der Waals surface area contributed by atoms with Crippen molar-refractivity contribution < 1.29 is 19.1 Å². The Hall–Kier alpha value is -2.74. The average Bonchev–Trinajstić information content (AvgIpc) is 3.23. The van der Waals surface area contributed by atoms with Crippen molar-refractivity contribution in [3.05, 3.63) is 75.7 Å². The zero-order valence-corrected chi connectivity index (χ0v) is 16.1. The summed E-state index contributed by atoms with van der Waals surface area (Å²) in [6.45, 7) is -0.131. The van der Waals surface area contributed by atoms with Crippen LogP contribution in [0.25, 0.3) is 11.1 Å². The van der Waals surface area contributed by atoms with Gasteiger partial charge >= 0.3 is 11.8 Å². The third kappa shape index (κ3) is 4.95. The number of thiophene rings is 1. The second-order valence-electron chi connectivity index (χ2n) is 5.94. The van der Waals surface area contributed by atoms with E-state index in [1.54, 1.807) is 23.5 Å². The van der Waals surface area contributed by atoms with Gasteiger partial charge in [0.05, 0.1) is 11.1 Å². The van der Waals surface area contributed by atoms with E-state index in [2.05, 4.69) is 10.6 Å². The van der Waals surface area contributed by atoms with Crippen molar-refractivity contribution in [2.75, 3.05) is 11.9 Å². The van der Waals surface area contributed by atoms with Gasteiger partial charge in [-0.05, 0) is 51.7 Å².